The number of halogens is 1. The molecule has 0 aliphatic carbocycles. The summed E-state index contributed by atoms with van der Waals surface area (Å²) in [6, 6.07) is 6.16. The van der Waals surface area contributed by atoms with Crippen molar-refractivity contribution >= 4 is 39.3 Å². The van der Waals surface area contributed by atoms with Crippen LogP contribution in [0.2, 0.25) is 5.02 Å². The Morgan fingerprint density at radius 3 is 2.29 bits per heavy atom. The number of rotatable bonds is 6. The van der Waals surface area contributed by atoms with E-state index >= 15 is 0 Å². The maximum Gasteiger partial charge on any atom is 0.243 e. The van der Waals surface area contributed by atoms with Gasteiger partial charge in [-0.2, -0.15) is 16.1 Å². The molecule has 1 aliphatic heterocycles. The van der Waals surface area contributed by atoms with Crippen LogP contribution in [0.3, 0.4) is 0 Å². The van der Waals surface area contributed by atoms with Gasteiger partial charge >= 0.3 is 0 Å². The fraction of sp³-hybridized carbons (Fsp3) is 0.562. The van der Waals surface area contributed by atoms with Gasteiger partial charge in [-0.05, 0) is 35.9 Å². The molecule has 1 heterocycles. The number of nitrogens with zero attached hydrogens (tertiary/aromatic N) is 2. The predicted octanol–water partition coefficient (Wildman–Crippen LogP) is 2.56. The van der Waals surface area contributed by atoms with Gasteiger partial charge in [0.2, 0.25) is 15.9 Å². The van der Waals surface area contributed by atoms with Crippen LogP contribution in [0.5, 0.6) is 0 Å². The lowest BCUT2D eigenvalue weighted by atomic mass is 10.3. The van der Waals surface area contributed by atoms with Crippen molar-refractivity contribution in [2.24, 2.45) is 5.92 Å². The molecule has 0 aromatic heterocycles. The van der Waals surface area contributed by atoms with E-state index in [0.29, 0.717) is 42.9 Å². The van der Waals surface area contributed by atoms with E-state index in [1.54, 1.807) is 28.8 Å². The standard InChI is InChI=1S/C16H23ClN2O3S2/c1-13(2)11-23-12-16(20)18-7-9-19(10-8-18)24(21,22)15-5-3-14(17)4-6-15/h3-6,13H,7-12H2,1-2H3. The SMILES string of the molecule is CC(C)CSCC(=O)N1CCN(S(=O)(=O)c2ccc(Cl)cc2)CC1. The first-order chi connectivity index (χ1) is 11.3. The number of piperazine rings is 1. The zero-order valence-electron chi connectivity index (χ0n) is 13.9. The minimum absolute atomic E-state index is 0.0872. The Labute approximate surface area is 153 Å². The van der Waals surface area contributed by atoms with Crippen molar-refractivity contribution in [1.29, 1.82) is 0 Å². The molecule has 1 amide bonds. The van der Waals surface area contributed by atoms with Crippen molar-refractivity contribution < 1.29 is 13.2 Å². The fourth-order valence-corrected chi connectivity index (χ4v) is 4.90. The molecule has 8 heteroatoms. The first kappa shape index (κ1) is 19.6. The summed E-state index contributed by atoms with van der Waals surface area (Å²) < 4.78 is 26.6. The van der Waals surface area contributed by atoms with Crippen molar-refractivity contribution in [3.63, 3.8) is 0 Å². The van der Waals surface area contributed by atoms with E-state index in [-0.39, 0.29) is 10.8 Å². The molecule has 0 unspecified atom stereocenters. The lowest BCUT2D eigenvalue weighted by Crippen LogP contribution is -2.51. The van der Waals surface area contributed by atoms with Crippen molar-refractivity contribution in [1.82, 2.24) is 9.21 Å². The molecule has 134 valence electrons. The molecular formula is C16H23ClN2O3S2. The average molecular weight is 391 g/mol. The molecule has 0 N–H and O–H groups in total. The van der Waals surface area contributed by atoms with Gasteiger partial charge in [-0.1, -0.05) is 25.4 Å². The summed E-state index contributed by atoms with van der Waals surface area (Å²) in [5, 5.41) is 0.503. The molecule has 24 heavy (non-hydrogen) atoms. The highest BCUT2D eigenvalue weighted by Gasteiger charge is 2.29. The number of thioether (sulfide) groups is 1. The van der Waals surface area contributed by atoms with E-state index in [1.807, 2.05) is 0 Å². The summed E-state index contributed by atoms with van der Waals surface area (Å²) in [4.78, 5) is 14.2. The molecular weight excluding hydrogens is 368 g/mol. The molecule has 0 bridgehead atoms. The van der Waals surface area contributed by atoms with Gasteiger partial charge in [0.25, 0.3) is 0 Å². The first-order valence-electron chi connectivity index (χ1n) is 7.92. The van der Waals surface area contributed by atoms with Crippen LogP contribution in [-0.2, 0) is 14.8 Å². The molecule has 1 aliphatic rings. The molecule has 1 saturated heterocycles. The molecule has 0 saturated carbocycles. The van der Waals surface area contributed by atoms with Gasteiger partial charge in [-0.25, -0.2) is 8.42 Å². The average Bonchev–Trinajstić information content (AvgIpc) is 2.55. The third kappa shape index (κ3) is 5.12. The van der Waals surface area contributed by atoms with Gasteiger partial charge in [0.1, 0.15) is 0 Å². The van der Waals surface area contributed by atoms with E-state index in [0.717, 1.165) is 5.75 Å². The number of benzene rings is 1. The normalized spacial score (nSPS) is 16.6. The van der Waals surface area contributed by atoms with Crippen LogP contribution in [0.4, 0.5) is 0 Å². The lowest BCUT2D eigenvalue weighted by Gasteiger charge is -2.34. The highest BCUT2D eigenvalue weighted by Crippen LogP contribution is 2.20. The molecule has 2 rings (SSSR count). The third-order valence-corrected chi connectivity index (χ3v) is 7.24. The zero-order valence-corrected chi connectivity index (χ0v) is 16.3. The monoisotopic (exact) mass is 390 g/mol. The third-order valence-electron chi connectivity index (χ3n) is 3.72. The molecule has 0 spiro atoms. The minimum Gasteiger partial charge on any atom is -0.339 e. The van der Waals surface area contributed by atoms with Crippen molar-refractivity contribution in [3.8, 4) is 0 Å². The van der Waals surface area contributed by atoms with Crippen LogP contribution < -0.4 is 0 Å². The molecule has 0 radical (unpaired) electrons. The number of carbonyl (C=O) groups excluding carboxylic acids is 1. The van der Waals surface area contributed by atoms with E-state index in [1.165, 1.54) is 16.4 Å². The fourth-order valence-electron chi connectivity index (χ4n) is 2.41. The lowest BCUT2D eigenvalue weighted by molar-refractivity contribution is -0.129. The smallest absolute Gasteiger partial charge is 0.243 e. The van der Waals surface area contributed by atoms with E-state index in [4.69, 9.17) is 11.6 Å². The predicted molar refractivity (Wildman–Crippen MR) is 99.0 cm³/mol. The number of sulfonamides is 1. The molecule has 1 aromatic carbocycles. The number of hydrogen-bond donors (Lipinski definition) is 0. The van der Waals surface area contributed by atoms with Crippen molar-refractivity contribution in [2.45, 2.75) is 18.7 Å². The Bertz CT molecular complexity index is 654. The van der Waals surface area contributed by atoms with Crippen LogP contribution in [0.15, 0.2) is 29.2 Å². The highest BCUT2D eigenvalue weighted by molar-refractivity contribution is 7.99. The quantitative estimate of drug-likeness (QED) is 0.749. The number of amides is 1. The van der Waals surface area contributed by atoms with E-state index < -0.39 is 10.0 Å². The largest absolute Gasteiger partial charge is 0.339 e. The zero-order chi connectivity index (χ0) is 17.7. The van der Waals surface area contributed by atoms with Gasteiger partial charge in [-0.3, -0.25) is 4.79 Å². The molecule has 1 fully saturated rings. The van der Waals surface area contributed by atoms with Gasteiger partial charge < -0.3 is 4.90 Å². The summed E-state index contributed by atoms with van der Waals surface area (Å²) in [6.07, 6.45) is 0. The van der Waals surface area contributed by atoms with Gasteiger partial charge in [0, 0.05) is 31.2 Å². The summed E-state index contributed by atoms with van der Waals surface area (Å²) in [6.45, 7) is 5.77. The number of hydrogen-bond acceptors (Lipinski definition) is 4. The van der Waals surface area contributed by atoms with E-state index in [2.05, 4.69) is 13.8 Å². The Morgan fingerprint density at radius 1 is 1.17 bits per heavy atom. The summed E-state index contributed by atoms with van der Waals surface area (Å²) >= 11 is 7.44. The van der Waals surface area contributed by atoms with Gasteiger partial charge in [0.05, 0.1) is 10.6 Å². The Balaban J connectivity index is 1.90. The van der Waals surface area contributed by atoms with Crippen LogP contribution in [-0.4, -0.2) is 61.2 Å². The van der Waals surface area contributed by atoms with Crippen LogP contribution in [0, 0.1) is 5.92 Å². The van der Waals surface area contributed by atoms with Gasteiger partial charge in [-0.15, -0.1) is 0 Å². The second-order valence-corrected chi connectivity index (χ2v) is 9.55. The van der Waals surface area contributed by atoms with E-state index in [9.17, 15) is 13.2 Å². The van der Waals surface area contributed by atoms with Crippen molar-refractivity contribution in [2.75, 3.05) is 37.7 Å². The van der Waals surface area contributed by atoms with Crippen LogP contribution in [0.25, 0.3) is 0 Å². The summed E-state index contributed by atoms with van der Waals surface area (Å²) in [5.41, 5.74) is 0. The summed E-state index contributed by atoms with van der Waals surface area (Å²) in [5.74, 6) is 2.06. The second kappa shape index (κ2) is 8.56. The second-order valence-electron chi connectivity index (χ2n) is 6.15. The van der Waals surface area contributed by atoms with Gasteiger partial charge in [0.15, 0.2) is 0 Å². The highest BCUT2D eigenvalue weighted by atomic mass is 35.5. The Hall–Kier alpha value is -0.760. The number of carbonyl (C=O) groups is 1. The minimum atomic E-state index is -3.52. The Morgan fingerprint density at radius 2 is 1.75 bits per heavy atom. The molecule has 1 aromatic rings. The Kier molecular flexibility index (Phi) is 6.98. The summed E-state index contributed by atoms with van der Waals surface area (Å²) in [7, 11) is -3.52. The first-order valence-corrected chi connectivity index (χ1v) is 10.9. The molecule has 0 atom stereocenters. The topological polar surface area (TPSA) is 57.7 Å². The van der Waals surface area contributed by atoms with Crippen molar-refractivity contribution in [3.05, 3.63) is 29.3 Å². The maximum atomic E-state index is 12.6. The van der Waals surface area contributed by atoms with Crippen LogP contribution in [0.1, 0.15) is 13.8 Å². The van der Waals surface area contributed by atoms with Crippen LogP contribution >= 0.6 is 23.4 Å². The maximum absolute atomic E-state index is 12.6. The molecule has 5 nitrogen and oxygen atoms in total.